The van der Waals surface area contributed by atoms with Crippen molar-refractivity contribution in [1.82, 2.24) is 15.1 Å². The number of methoxy groups -OCH3 is 1. The zero-order valence-corrected chi connectivity index (χ0v) is 13.2. The van der Waals surface area contributed by atoms with Crippen molar-refractivity contribution in [3.63, 3.8) is 0 Å². The van der Waals surface area contributed by atoms with Gasteiger partial charge < -0.3 is 10.1 Å². The summed E-state index contributed by atoms with van der Waals surface area (Å²) in [7, 11) is 1.69. The van der Waals surface area contributed by atoms with E-state index in [9.17, 15) is 0 Å². The minimum atomic E-state index is 0.901. The molecule has 114 valence electrons. The third-order valence-electron chi connectivity index (χ3n) is 3.72. The van der Waals surface area contributed by atoms with Gasteiger partial charge in [0, 0.05) is 24.3 Å². The number of nitrogens with zero attached hydrogens (tertiary/aromatic N) is 2. The van der Waals surface area contributed by atoms with Gasteiger partial charge in [0.25, 0.3) is 0 Å². The normalized spacial score (nSPS) is 10.8. The molecule has 1 N–H and O–H groups in total. The molecule has 0 bridgehead atoms. The summed E-state index contributed by atoms with van der Waals surface area (Å²) in [5.41, 5.74) is 3.85. The second kappa shape index (κ2) is 7.84. The molecule has 0 aliphatic rings. The van der Waals surface area contributed by atoms with Crippen LogP contribution in [-0.2, 0) is 19.5 Å². The standard InChI is InChI=1S/C17H25N3O/c1-4-10-18-12-16-13-19-20(14(16)2)11-9-15-5-7-17(21-3)8-6-15/h5-8,13,18H,4,9-12H2,1-3H3. The fourth-order valence-electron chi connectivity index (χ4n) is 2.31. The molecule has 4 heteroatoms. The molecule has 0 fully saturated rings. The lowest BCUT2D eigenvalue weighted by Gasteiger charge is -2.07. The molecule has 2 rings (SSSR count). The van der Waals surface area contributed by atoms with Gasteiger partial charge >= 0.3 is 0 Å². The summed E-state index contributed by atoms with van der Waals surface area (Å²) < 4.78 is 7.27. The van der Waals surface area contributed by atoms with E-state index in [-0.39, 0.29) is 0 Å². The summed E-state index contributed by atoms with van der Waals surface area (Å²) >= 11 is 0. The fraction of sp³-hybridized carbons (Fsp3) is 0.471. The number of hydrogen-bond acceptors (Lipinski definition) is 3. The van der Waals surface area contributed by atoms with Crippen LogP contribution in [0, 0.1) is 6.92 Å². The molecule has 1 aromatic heterocycles. The van der Waals surface area contributed by atoms with Crippen LogP contribution in [0.2, 0.25) is 0 Å². The van der Waals surface area contributed by atoms with E-state index in [1.807, 2.05) is 18.3 Å². The molecule has 1 heterocycles. The molecule has 1 aromatic carbocycles. The first-order chi connectivity index (χ1) is 10.2. The molecule has 0 saturated heterocycles. The van der Waals surface area contributed by atoms with Crippen LogP contribution in [-0.4, -0.2) is 23.4 Å². The smallest absolute Gasteiger partial charge is 0.118 e. The molecule has 0 unspecified atom stereocenters. The molecule has 4 nitrogen and oxygen atoms in total. The van der Waals surface area contributed by atoms with E-state index < -0.39 is 0 Å². The molecule has 21 heavy (non-hydrogen) atoms. The maximum absolute atomic E-state index is 5.18. The molecule has 0 amide bonds. The van der Waals surface area contributed by atoms with Crippen LogP contribution in [0.4, 0.5) is 0 Å². The van der Waals surface area contributed by atoms with Gasteiger partial charge in [-0.2, -0.15) is 5.10 Å². The SMILES string of the molecule is CCCNCc1cnn(CCc2ccc(OC)cc2)c1C. The first kappa shape index (κ1) is 15.6. The Morgan fingerprint density at radius 1 is 1.24 bits per heavy atom. The first-order valence-electron chi connectivity index (χ1n) is 7.59. The van der Waals surface area contributed by atoms with Gasteiger partial charge in [-0.05, 0) is 44.0 Å². The zero-order chi connectivity index (χ0) is 15.1. The number of hydrogen-bond donors (Lipinski definition) is 1. The Hall–Kier alpha value is -1.81. The van der Waals surface area contributed by atoms with Gasteiger partial charge in [0.15, 0.2) is 0 Å². The Labute approximate surface area is 127 Å². The van der Waals surface area contributed by atoms with Crippen LogP contribution < -0.4 is 10.1 Å². The van der Waals surface area contributed by atoms with Gasteiger partial charge in [-0.15, -0.1) is 0 Å². The number of nitrogens with one attached hydrogen (secondary N) is 1. The van der Waals surface area contributed by atoms with E-state index in [1.54, 1.807) is 7.11 Å². The number of benzene rings is 1. The van der Waals surface area contributed by atoms with Crippen molar-refractivity contribution >= 4 is 0 Å². The van der Waals surface area contributed by atoms with Gasteiger partial charge in [0.1, 0.15) is 5.75 Å². The number of ether oxygens (including phenoxy) is 1. The summed E-state index contributed by atoms with van der Waals surface area (Å²) in [6.07, 6.45) is 4.12. The molecular formula is C17H25N3O. The highest BCUT2D eigenvalue weighted by molar-refractivity contribution is 5.27. The van der Waals surface area contributed by atoms with Crippen LogP contribution in [0.15, 0.2) is 30.5 Å². The summed E-state index contributed by atoms with van der Waals surface area (Å²) in [6.45, 7) is 7.19. The van der Waals surface area contributed by atoms with Crippen molar-refractivity contribution < 1.29 is 4.74 Å². The summed E-state index contributed by atoms with van der Waals surface area (Å²) in [5.74, 6) is 0.901. The van der Waals surface area contributed by atoms with E-state index in [4.69, 9.17) is 4.74 Å². The van der Waals surface area contributed by atoms with Crippen molar-refractivity contribution in [3.8, 4) is 5.75 Å². The van der Waals surface area contributed by atoms with Crippen LogP contribution in [0.5, 0.6) is 5.75 Å². The maximum atomic E-state index is 5.18. The minimum Gasteiger partial charge on any atom is -0.497 e. The molecule has 0 aliphatic carbocycles. The monoisotopic (exact) mass is 287 g/mol. The molecule has 0 saturated carbocycles. The van der Waals surface area contributed by atoms with E-state index >= 15 is 0 Å². The predicted molar refractivity (Wildman–Crippen MR) is 85.7 cm³/mol. The third kappa shape index (κ3) is 4.33. The summed E-state index contributed by atoms with van der Waals surface area (Å²) in [6, 6.07) is 8.24. The van der Waals surface area contributed by atoms with Gasteiger partial charge in [0.05, 0.1) is 13.3 Å². The van der Waals surface area contributed by atoms with Crippen LogP contribution in [0.25, 0.3) is 0 Å². The highest BCUT2D eigenvalue weighted by Crippen LogP contribution is 2.13. The average molecular weight is 287 g/mol. The minimum absolute atomic E-state index is 0.901. The fourth-order valence-corrected chi connectivity index (χ4v) is 2.31. The molecule has 0 atom stereocenters. The molecule has 0 aliphatic heterocycles. The number of aromatic nitrogens is 2. The van der Waals surface area contributed by atoms with Crippen molar-refractivity contribution in [1.29, 1.82) is 0 Å². The average Bonchev–Trinajstić information content (AvgIpc) is 2.87. The van der Waals surface area contributed by atoms with Gasteiger partial charge in [-0.3, -0.25) is 4.68 Å². The lowest BCUT2D eigenvalue weighted by Crippen LogP contribution is -2.14. The molecule has 0 radical (unpaired) electrons. The van der Waals surface area contributed by atoms with Crippen molar-refractivity contribution in [3.05, 3.63) is 47.3 Å². The Balaban J connectivity index is 1.90. The van der Waals surface area contributed by atoms with Crippen molar-refractivity contribution in [2.24, 2.45) is 0 Å². The van der Waals surface area contributed by atoms with Gasteiger partial charge in [-0.25, -0.2) is 0 Å². The lowest BCUT2D eigenvalue weighted by molar-refractivity contribution is 0.414. The summed E-state index contributed by atoms with van der Waals surface area (Å²) in [4.78, 5) is 0. The Kier molecular flexibility index (Phi) is 5.81. The summed E-state index contributed by atoms with van der Waals surface area (Å²) in [5, 5.41) is 7.92. The Morgan fingerprint density at radius 2 is 2.00 bits per heavy atom. The van der Waals surface area contributed by atoms with Crippen LogP contribution >= 0.6 is 0 Å². The highest BCUT2D eigenvalue weighted by Gasteiger charge is 2.06. The number of rotatable bonds is 8. The third-order valence-corrected chi connectivity index (χ3v) is 3.72. The largest absolute Gasteiger partial charge is 0.497 e. The van der Waals surface area contributed by atoms with Gasteiger partial charge in [-0.1, -0.05) is 19.1 Å². The van der Waals surface area contributed by atoms with E-state index in [0.717, 1.165) is 38.2 Å². The zero-order valence-electron chi connectivity index (χ0n) is 13.2. The van der Waals surface area contributed by atoms with E-state index in [0.29, 0.717) is 0 Å². The molecule has 2 aromatic rings. The Bertz CT molecular complexity index is 546. The second-order valence-corrected chi connectivity index (χ2v) is 5.25. The van der Waals surface area contributed by atoms with Crippen LogP contribution in [0.1, 0.15) is 30.2 Å². The Morgan fingerprint density at radius 3 is 2.67 bits per heavy atom. The molecular weight excluding hydrogens is 262 g/mol. The van der Waals surface area contributed by atoms with Crippen molar-refractivity contribution in [2.75, 3.05) is 13.7 Å². The quantitative estimate of drug-likeness (QED) is 0.759. The number of aryl methyl sites for hydroxylation is 2. The topological polar surface area (TPSA) is 39.1 Å². The lowest BCUT2D eigenvalue weighted by atomic mass is 10.1. The predicted octanol–water partition coefficient (Wildman–Crippen LogP) is 2.94. The molecule has 0 spiro atoms. The maximum Gasteiger partial charge on any atom is 0.118 e. The van der Waals surface area contributed by atoms with Crippen molar-refractivity contribution in [2.45, 2.75) is 39.8 Å². The van der Waals surface area contributed by atoms with Gasteiger partial charge in [0.2, 0.25) is 0 Å². The first-order valence-corrected chi connectivity index (χ1v) is 7.59. The highest BCUT2D eigenvalue weighted by atomic mass is 16.5. The second-order valence-electron chi connectivity index (χ2n) is 5.25. The van der Waals surface area contributed by atoms with E-state index in [2.05, 4.69) is 41.1 Å². The van der Waals surface area contributed by atoms with Crippen LogP contribution in [0.3, 0.4) is 0 Å². The van der Waals surface area contributed by atoms with E-state index in [1.165, 1.54) is 16.8 Å².